The first kappa shape index (κ1) is 22.8. The summed E-state index contributed by atoms with van der Waals surface area (Å²) in [5.74, 6) is -4.79. The molecular formula is C17H23F5O3S. The summed E-state index contributed by atoms with van der Waals surface area (Å²) in [6, 6.07) is 5.89. The molecule has 26 heavy (non-hydrogen) atoms. The van der Waals surface area contributed by atoms with Gasteiger partial charge in [0.25, 0.3) is 10.1 Å². The highest BCUT2D eigenvalue weighted by atomic mass is 32.2. The third kappa shape index (κ3) is 6.83. The highest BCUT2D eigenvalue weighted by Crippen LogP contribution is 2.39. The molecule has 0 aliphatic heterocycles. The fourth-order valence-corrected chi connectivity index (χ4v) is 3.44. The van der Waals surface area contributed by atoms with Crippen LogP contribution in [0.3, 0.4) is 0 Å². The van der Waals surface area contributed by atoms with Gasteiger partial charge in [0, 0.05) is 6.42 Å². The number of benzene rings is 1. The van der Waals surface area contributed by atoms with Gasteiger partial charge in [-0.1, -0.05) is 37.5 Å². The Morgan fingerprint density at radius 2 is 1.54 bits per heavy atom. The van der Waals surface area contributed by atoms with E-state index in [4.69, 9.17) is 4.18 Å². The van der Waals surface area contributed by atoms with Crippen LogP contribution in [0.4, 0.5) is 22.0 Å². The van der Waals surface area contributed by atoms with Crippen LogP contribution in [-0.2, 0) is 14.3 Å². The molecule has 0 bridgehead atoms. The monoisotopic (exact) mass is 402 g/mol. The summed E-state index contributed by atoms with van der Waals surface area (Å²) in [4.78, 5) is -0.0785. The van der Waals surface area contributed by atoms with Crippen LogP contribution in [-0.4, -0.2) is 26.6 Å². The second kappa shape index (κ2) is 9.12. The van der Waals surface area contributed by atoms with Crippen LogP contribution in [0.15, 0.2) is 29.2 Å². The summed E-state index contributed by atoms with van der Waals surface area (Å²) in [5.41, 5.74) is 0.848. The van der Waals surface area contributed by atoms with Crippen molar-refractivity contribution >= 4 is 10.1 Å². The van der Waals surface area contributed by atoms with E-state index in [1.807, 2.05) is 6.92 Å². The smallest absolute Gasteiger partial charge is 0.263 e. The third-order valence-corrected chi connectivity index (χ3v) is 5.26. The van der Waals surface area contributed by atoms with Crippen LogP contribution < -0.4 is 0 Å². The lowest BCUT2D eigenvalue weighted by atomic mass is 10.0. The third-order valence-electron chi connectivity index (χ3n) is 3.88. The fourth-order valence-electron chi connectivity index (χ4n) is 2.31. The number of hydrogen-bond acceptors (Lipinski definition) is 3. The van der Waals surface area contributed by atoms with E-state index in [9.17, 15) is 30.4 Å². The van der Waals surface area contributed by atoms with Gasteiger partial charge < -0.3 is 0 Å². The van der Waals surface area contributed by atoms with Crippen molar-refractivity contribution in [3.63, 3.8) is 0 Å². The average Bonchev–Trinajstić information content (AvgIpc) is 2.51. The molecule has 0 saturated carbocycles. The van der Waals surface area contributed by atoms with Gasteiger partial charge in [-0.15, -0.1) is 0 Å². The normalized spacial score (nSPS) is 14.4. The summed E-state index contributed by atoms with van der Waals surface area (Å²) in [7, 11) is -4.11. The molecule has 0 N–H and O–H groups in total. The maximum absolute atomic E-state index is 13.0. The van der Waals surface area contributed by atoms with E-state index in [1.165, 1.54) is 12.1 Å². The van der Waals surface area contributed by atoms with Crippen LogP contribution in [0, 0.1) is 6.92 Å². The maximum atomic E-state index is 13.0. The Balaban J connectivity index is 2.76. The number of aryl methyl sites for hydroxylation is 1. The molecule has 1 rings (SSSR count). The van der Waals surface area contributed by atoms with E-state index in [2.05, 4.69) is 0 Å². The first-order valence-electron chi connectivity index (χ1n) is 8.33. The Bertz CT molecular complexity index is 654. The maximum Gasteiger partial charge on any atom is 0.453 e. The van der Waals surface area contributed by atoms with Crippen LogP contribution >= 0.6 is 0 Å². The molecule has 1 aromatic carbocycles. The lowest BCUT2D eigenvalue weighted by molar-refractivity contribution is -0.284. The molecule has 0 saturated heterocycles. The highest BCUT2D eigenvalue weighted by molar-refractivity contribution is 7.86. The largest absolute Gasteiger partial charge is 0.453 e. The van der Waals surface area contributed by atoms with Gasteiger partial charge in [-0.2, -0.15) is 30.4 Å². The molecule has 0 amide bonds. The zero-order chi connectivity index (χ0) is 20.0. The van der Waals surface area contributed by atoms with Crippen molar-refractivity contribution in [1.29, 1.82) is 0 Å². The Labute approximate surface area is 150 Å². The van der Waals surface area contributed by atoms with Crippen molar-refractivity contribution in [2.75, 3.05) is 0 Å². The molecule has 1 unspecified atom stereocenters. The van der Waals surface area contributed by atoms with Gasteiger partial charge in [-0.3, -0.25) is 4.18 Å². The Morgan fingerprint density at radius 3 is 2.04 bits per heavy atom. The first-order chi connectivity index (χ1) is 11.9. The van der Waals surface area contributed by atoms with Gasteiger partial charge >= 0.3 is 12.1 Å². The summed E-state index contributed by atoms with van der Waals surface area (Å²) in [6.45, 7) is 3.63. The van der Waals surface area contributed by atoms with Crippen LogP contribution in [0.5, 0.6) is 0 Å². The molecule has 0 fully saturated rings. The number of halogens is 5. The summed E-state index contributed by atoms with van der Waals surface area (Å²) >= 11 is 0. The summed E-state index contributed by atoms with van der Waals surface area (Å²) < 4.78 is 92.3. The molecule has 0 heterocycles. The summed E-state index contributed by atoms with van der Waals surface area (Å²) in [5, 5.41) is 0. The molecule has 0 spiro atoms. The fraction of sp³-hybridized carbons (Fsp3) is 0.647. The molecule has 0 aromatic heterocycles. The molecule has 150 valence electrons. The predicted octanol–water partition coefficient (Wildman–Crippen LogP) is 5.63. The first-order valence-corrected chi connectivity index (χ1v) is 9.74. The molecule has 1 atom stereocenters. The molecule has 3 nitrogen and oxygen atoms in total. The van der Waals surface area contributed by atoms with E-state index in [0.29, 0.717) is 12.8 Å². The van der Waals surface area contributed by atoms with E-state index in [-0.39, 0.29) is 17.7 Å². The van der Waals surface area contributed by atoms with Gasteiger partial charge in [-0.05, 0) is 38.3 Å². The Morgan fingerprint density at radius 1 is 1.00 bits per heavy atom. The molecule has 0 aliphatic carbocycles. The van der Waals surface area contributed by atoms with Gasteiger partial charge in [0.05, 0.1) is 11.0 Å². The standard InChI is InChI=1S/C17H23F5O3S/c1-3-4-6-14(7-5-12-16(18,19)17(20,21)22)25-26(23,24)15-10-8-13(2)9-11-15/h8-11,14H,3-7,12H2,1-2H3. The molecule has 9 heteroatoms. The number of hydrogen-bond donors (Lipinski definition) is 0. The minimum atomic E-state index is -5.61. The minimum absolute atomic E-state index is 0.0785. The molecule has 1 aromatic rings. The SMILES string of the molecule is CCCCC(CCCC(F)(F)C(F)(F)F)OS(=O)(=O)c1ccc(C)cc1. The topological polar surface area (TPSA) is 43.4 Å². The second-order valence-corrected chi connectivity index (χ2v) is 7.79. The minimum Gasteiger partial charge on any atom is -0.263 e. The lowest BCUT2D eigenvalue weighted by Gasteiger charge is -2.21. The molecule has 0 aliphatic rings. The van der Waals surface area contributed by atoms with Gasteiger partial charge in [0.2, 0.25) is 0 Å². The number of alkyl halides is 5. The Hall–Kier alpha value is -1.22. The van der Waals surface area contributed by atoms with Crippen molar-refractivity contribution < 1.29 is 34.6 Å². The average molecular weight is 402 g/mol. The molecular weight excluding hydrogens is 379 g/mol. The molecule has 0 radical (unpaired) electrons. The van der Waals surface area contributed by atoms with Crippen LogP contribution in [0.1, 0.15) is 51.0 Å². The van der Waals surface area contributed by atoms with Crippen molar-refractivity contribution in [2.45, 2.75) is 75.5 Å². The van der Waals surface area contributed by atoms with Crippen LogP contribution in [0.25, 0.3) is 0 Å². The van der Waals surface area contributed by atoms with E-state index < -0.39 is 41.2 Å². The van der Waals surface area contributed by atoms with E-state index in [1.54, 1.807) is 19.1 Å². The lowest BCUT2D eigenvalue weighted by Crippen LogP contribution is -2.36. The van der Waals surface area contributed by atoms with Crippen LogP contribution in [0.2, 0.25) is 0 Å². The number of rotatable bonds is 10. The van der Waals surface area contributed by atoms with Gasteiger partial charge in [0.15, 0.2) is 0 Å². The zero-order valence-electron chi connectivity index (χ0n) is 14.7. The highest BCUT2D eigenvalue weighted by Gasteiger charge is 2.56. The van der Waals surface area contributed by atoms with E-state index >= 15 is 0 Å². The zero-order valence-corrected chi connectivity index (χ0v) is 15.5. The summed E-state index contributed by atoms with van der Waals surface area (Å²) in [6.07, 6.45) is -7.09. The quantitative estimate of drug-likeness (QED) is 0.376. The van der Waals surface area contributed by atoms with Gasteiger partial charge in [0.1, 0.15) is 0 Å². The van der Waals surface area contributed by atoms with E-state index in [0.717, 1.165) is 5.56 Å². The van der Waals surface area contributed by atoms with Crippen molar-refractivity contribution in [1.82, 2.24) is 0 Å². The van der Waals surface area contributed by atoms with Crippen molar-refractivity contribution in [2.24, 2.45) is 0 Å². The van der Waals surface area contributed by atoms with Crippen molar-refractivity contribution in [3.05, 3.63) is 29.8 Å². The van der Waals surface area contributed by atoms with Gasteiger partial charge in [-0.25, -0.2) is 0 Å². The van der Waals surface area contributed by atoms with Crippen molar-refractivity contribution in [3.8, 4) is 0 Å². The predicted molar refractivity (Wildman–Crippen MR) is 87.6 cm³/mol. The Kier molecular flexibility index (Phi) is 8.01. The second-order valence-electron chi connectivity index (χ2n) is 6.22. The number of unbranched alkanes of at least 4 members (excludes halogenated alkanes) is 1.